The second-order valence-electron chi connectivity index (χ2n) is 6.58. The number of hydrogen-bond donors (Lipinski definition) is 1. The van der Waals surface area contributed by atoms with Gasteiger partial charge in [0, 0.05) is 37.2 Å². The van der Waals surface area contributed by atoms with Gasteiger partial charge >= 0.3 is 0 Å². The molecule has 124 valence electrons. The lowest BCUT2D eigenvalue weighted by atomic mass is 9.89. The molecule has 0 spiro atoms. The average molecular weight is 322 g/mol. The Balaban J connectivity index is 1.39. The normalized spacial score (nSPS) is 16.0. The van der Waals surface area contributed by atoms with Crippen LogP contribution in [0.3, 0.4) is 0 Å². The summed E-state index contributed by atoms with van der Waals surface area (Å²) in [5.41, 5.74) is 2.57. The third-order valence-corrected chi connectivity index (χ3v) is 5.13. The maximum atomic E-state index is 12.5. The quantitative estimate of drug-likeness (QED) is 0.805. The zero-order valence-corrected chi connectivity index (χ0v) is 13.9. The Bertz CT molecular complexity index is 855. The largest absolute Gasteiger partial charge is 0.361 e. The summed E-state index contributed by atoms with van der Waals surface area (Å²) in [5, 5.41) is 1.27. The Kier molecular flexibility index (Phi) is 3.84. The molecule has 1 amide bonds. The van der Waals surface area contributed by atoms with Gasteiger partial charge in [-0.3, -0.25) is 4.79 Å². The van der Waals surface area contributed by atoms with Crippen LogP contribution in [0.5, 0.6) is 0 Å². The molecule has 0 radical (unpaired) electrons. The molecular weight excluding hydrogens is 300 g/mol. The predicted molar refractivity (Wildman–Crippen MR) is 93.8 cm³/mol. The number of H-pyrrole nitrogens is 1. The number of hydrogen-bond acceptors (Lipinski definition) is 2. The molecule has 24 heavy (non-hydrogen) atoms. The van der Waals surface area contributed by atoms with Gasteiger partial charge in [-0.05, 0) is 54.8 Å². The van der Waals surface area contributed by atoms with E-state index >= 15 is 0 Å². The van der Waals surface area contributed by atoms with Crippen molar-refractivity contribution in [3.63, 3.8) is 0 Å². The Morgan fingerprint density at radius 2 is 2.12 bits per heavy atom. The van der Waals surface area contributed by atoms with Crippen molar-refractivity contribution in [1.82, 2.24) is 19.4 Å². The van der Waals surface area contributed by atoms with Crippen LogP contribution in [0, 0.1) is 6.92 Å². The number of imidazole rings is 1. The topological polar surface area (TPSA) is 53.9 Å². The first-order chi connectivity index (χ1) is 11.7. The molecule has 2 aromatic heterocycles. The number of aromatic amines is 1. The van der Waals surface area contributed by atoms with E-state index in [1.807, 2.05) is 28.8 Å². The zero-order valence-electron chi connectivity index (χ0n) is 13.9. The van der Waals surface area contributed by atoms with Gasteiger partial charge in [0.05, 0.1) is 0 Å². The van der Waals surface area contributed by atoms with Crippen molar-refractivity contribution < 1.29 is 4.79 Å². The molecular formula is C19H22N4O. The van der Waals surface area contributed by atoms with E-state index < -0.39 is 0 Å². The number of carbonyl (C=O) groups is 1. The fourth-order valence-electron chi connectivity index (χ4n) is 3.60. The molecule has 1 aromatic carbocycles. The molecule has 0 saturated carbocycles. The Labute approximate surface area is 141 Å². The van der Waals surface area contributed by atoms with Crippen molar-refractivity contribution in [1.29, 1.82) is 0 Å². The Morgan fingerprint density at radius 1 is 1.29 bits per heavy atom. The van der Waals surface area contributed by atoms with Gasteiger partial charge in [-0.1, -0.05) is 6.07 Å². The standard InChI is InChI=1S/C19H22N4O/c1-14-20-8-11-23(14)13-19(24)22-9-5-15(6-10-22)16-2-3-18-17(12-16)4-7-21-18/h2-4,7-8,11-12,15,21H,5-6,9-10,13H2,1H3. The number of fused-ring (bicyclic) bond motifs is 1. The number of likely N-dealkylation sites (tertiary alicyclic amines) is 1. The summed E-state index contributed by atoms with van der Waals surface area (Å²) in [7, 11) is 0. The van der Waals surface area contributed by atoms with E-state index in [1.165, 1.54) is 16.5 Å². The van der Waals surface area contributed by atoms with Crippen molar-refractivity contribution in [2.45, 2.75) is 32.2 Å². The number of nitrogens with zero attached hydrogens (tertiary/aromatic N) is 3. The number of nitrogens with one attached hydrogen (secondary N) is 1. The lowest BCUT2D eigenvalue weighted by Gasteiger charge is -2.32. The number of aromatic nitrogens is 3. The Morgan fingerprint density at radius 3 is 2.88 bits per heavy atom. The summed E-state index contributed by atoms with van der Waals surface area (Å²) < 4.78 is 1.91. The maximum Gasteiger partial charge on any atom is 0.242 e. The van der Waals surface area contributed by atoms with E-state index in [1.54, 1.807) is 6.20 Å². The van der Waals surface area contributed by atoms with Gasteiger partial charge < -0.3 is 14.5 Å². The monoisotopic (exact) mass is 322 g/mol. The number of carbonyl (C=O) groups excluding carboxylic acids is 1. The molecule has 3 aromatic rings. The second-order valence-corrected chi connectivity index (χ2v) is 6.58. The third kappa shape index (κ3) is 2.82. The lowest BCUT2D eigenvalue weighted by Crippen LogP contribution is -2.39. The van der Waals surface area contributed by atoms with Crippen LogP contribution in [0.2, 0.25) is 0 Å². The number of aryl methyl sites for hydroxylation is 1. The minimum absolute atomic E-state index is 0.190. The number of piperidine rings is 1. The molecule has 1 N–H and O–H groups in total. The van der Waals surface area contributed by atoms with E-state index in [0.29, 0.717) is 12.5 Å². The summed E-state index contributed by atoms with van der Waals surface area (Å²) in [4.78, 5) is 21.9. The summed E-state index contributed by atoms with van der Waals surface area (Å²) in [6.07, 6.45) is 7.65. The van der Waals surface area contributed by atoms with Crippen molar-refractivity contribution >= 4 is 16.8 Å². The molecule has 0 unspecified atom stereocenters. The smallest absolute Gasteiger partial charge is 0.242 e. The van der Waals surface area contributed by atoms with E-state index in [0.717, 1.165) is 31.8 Å². The molecule has 0 atom stereocenters. The molecule has 4 rings (SSSR count). The molecule has 1 aliphatic rings. The van der Waals surface area contributed by atoms with Gasteiger partial charge in [0.1, 0.15) is 12.4 Å². The molecule has 5 heteroatoms. The molecule has 5 nitrogen and oxygen atoms in total. The first-order valence-electron chi connectivity index (χ1n) is 8.53. The van der Waals surface area contributed by atoms with Crippen LogP contribution in [-0.2, 0) is 11.3 Å². The van der Waals surface area contributed by atoms with Crippen molar-refractivity contribution in [2.75, 3.05) is 13.1 Å². The minimum atomic E-state index is 0.190. The molecule has 1 aliphatic heterocycles. The molecule has 0 bridgehead atoms. The van der Waals surface area contributed by atoms with Gasteiger partial charge in [0.25, 0.3) is 0 Å². The fraction of sp³-hybridized carbons (Fsp3) is 0.368. The number of rotatable bonds is 3. The van der Waals surface area contributed by atoms with Gasteiger partial charge in [-0.25, -0.2) is 4.98 Å². The van der Waals surface area contributed by atoms with Crippen LogP contribution in [0.1, 0.15) is 30.1 Å². The second kappa shape index (κ2) is 6.15. The van der Waals surface area contributed by atoms with E-state index in [4.69, 9.17) is 0 Å². The zero-order chi connectivity index (χ0) is 16.5. The van der Waals surface area contributed by atoms with Crippen LogP contribution < -0.4 is 0 Å². The summed E-state index contributed by atoms with van der Waals surface area (Å²) in [6.45, 7) is 3.99. The first-order valence-corrected chi connectivity index (χ1v) is 8.53. The van der Waals surface area contributed by atoms with Crippen LogP contribution in [0.25, 0.3) is 10.9 Å². The molecule has 1 fully saturated rings. The first kappa shape index (κ1) is 15.0. The van der Waals surface area contributed by atoms with Crippen molar-refractivity contribution in [2.24, 2.45) is 0 Å². The molecule has 0 aliphatic carbocycles. The Hall–Kier alpha value is -2.56. The SMILES string of the molecule is Cc1nccn1CC(=O)N1CCC(c2ccc3[nH]ccc3c2)CC1. The summed E-state index contributed by atoms with van der Waals surface area (Å²) in [6, 6.07) is 8.77. The number of benzene rings is 1. The lowest BCUT2D eigenvalue weighted by molar-refractivity contribution is -0.132. The highest BCUT2D eigenvalue weighted by atomic mass is 16.2. The molecule has 3 heterocycles. The van der Waals surface area contributed by atoms with Crippen LogP contribution in [0.15, 0.2) is 42.9 Å². The summed E-state index contributed by atoms with van der Waals surface area (Å²) >= 11 is 0. The van der Waals surface area contributed by atoms with Gasteiger partial charge in [0.15, 0.2) is 0 Å². The third-order valence-electron chi connectivity index (χ3n) is 5.13. The highest BCUT2D eigenvalue weighted by molar-refractivity contribution is 5.80. The predicted octanol–water partition coefficient (Wildman–Crippen LogP) is 3.08. The van der Waals surface area contributed by atoms with Gasteiger partial charge in [0.2, 0.25) is 5.91 Å². The van der Waals surface area contributed by atoms with Gasteiger partial charge in [-0.2, -0.15) is 0 Å². The highest BCUT2D eigenvalue weighted by Crippen LogP contribution is 2.30. The average Bonchev–Trinajstić information content (AvgIpc) is 3.23. The van der Waals surface area contributed by atoms with E-state index in [2.05, 4.69) is 34.2 Å². The van der Waals surface area contributed by atoms with Crippen LogP contribution in [-0.4, -0.2) is 38.4 Å². The number of amides is 1. The van der Waals surface area contributed by atoms with Crippen molar-refractivity contribution in [3.8, 4) is 0 Å². The maximum absolute atomic E-state index is 12.5. The van der Waals surface area contributed by atoms with Crippen LogP contribution in [0.4, 0.5) is 0 Å². The minimum Gasteiger partial charge on any atom is -0.361 e. The van der Waals surface area contributed by atoms with E-state index in [-0.39, 0.29) is 5.91 Å². The summed E-state index contributed by atoms with van der Waals surface area (Å²) in [5.74, 6) is 1.62. The fourth-order valence-corrected chi connectivity index (χ4v) is 3.60. The van der Waals surface area contributed by atoms with Crippen LogP contribution >= 0.6 is 0 Å². The van der Waals surface area contributed by atoms with Crippen molar-refractivity contribution in [3.05, 3.63) is 54.2 Å². The van der Waals surface area contributed by atoms with E-state index in [9.17, 15) is 4.79 Å². The highest BCUT2D eigenvalue weighted by Gasteiger charge is 2.24. The van der Waals surface area contributed by atoms with Gasteiger partial charge in [-0.15, -0.1) is 0 Å². The molecule has 1 saturated heterocycles.